The van der Waals surface area contributed by atoms with E-state index in [0.29, 0.717) is 34.4 Å². The number of hydrogen-bond donors (Lipinski definition) is 2. The molecule has 4 N–H and O–H groups in total. The molecule has 0 aliphatic carbocycles. The Morgan fingerprint density at radius 2 is 1.31 bits per heavy atom. The lowest BCUT2D eigenvalue weighted by Gasteiger charge is -1.98. The van der Waals surface area contributed by atoms with E-state index >= 15 is 0 Å². The highest BCUT2D eigenvalue weighted by atomic mass is 31.1. The molecule has 0 spiro atoms. The number of nitro groups is 2. The molecule has 236 valence electrons. The number of anilines is 2. The molecule has 2 aromatic heterocycles. The van der Waals surface area contributed by atoms with Crippen LogP contribution in [0.3, 0.4) is 0 Å². The summed E-state index contributed by atoms with van der Waals surface area (Å²) >= 11 is 0. The largest absolute Gasteiger partial charge is 0.383 e. The van der Waals surface area contributed by atoms with Gasteiger partial charge in [0.05, 0.1) is 33.1 Å². The Kier molecular flexibility index (Phi) is 18.3. The quantitative estimate of drug-likeness (QED) is 0.0960. The van der Waals surface area contributed by atoms with Crippen molar-refractivity contribution in [1.82, 2.24) is 19.9 Å². The van der Waals surface area contributed by atoms with E-state index in [0.717, 1.165) is 13.2 Å². The molecule has 0 aliphatic rings. The number of carbonyl (C=O) groups excluding carboxylic acids is 1. The van der Waals surface area contributed by atoms with Crippen LogP contribution in [0.5, 0.6) is 0 Å². The number of aldehydes is 1. The van der Waals surface area contributed by atoms with Gasteiger partial charge in [0.15, 0.2) is 6.29 Å². The molecule has 2 aromatic carbocycles. The molecule has 16 nitrogen and oxygen atoms in total. The first-order valence-electron chi connectivity index (χ1n) is 12.9. The third-order valence-electron chi connectivity index (χ3n) is 5.12. The van der Waals surface area contributed by atoms with Crippen LogP contribution in [0.4, 0.5) is 23.0 Å². The molecule has 0 fully saturated rings. The molecule has 0 aliphatic heterocycles. The number of benzene rings is 2. The van der Waals surface area contributed by atoms with Crippen molar-refractivity contribution in [2.24, 2.45) is 0 Å². The lowest BCUT2D eigenvalue weighted by Crippen LogP contribution is -1.96. The van der Waals surface area contributed by atoms with Gasteiger partial charge in [-0.05, 0) is 38.1 Å². The predicted octanol–water partition coefficient (Wildman–Crippen LogP) is 5.37. The van der Waals surface area contributed by atoms with E-state index in [2.05, 4.69) is 24.5 Å². The van der Waals surface area contributed by atoms with Gasteiger partial charge < -0.3 is 16.2 Å². The second-order valence-corrected chi connectivity index (χ2v) is 8.42. The summed E-state index contributed by atoms with van der Waals surface area (Å²) in [5.41, 5.74) is 12.8. The zero-order valence-corrected chi connectivity index (χ0v) is 25.2. The van der Waals surface area contributed by atoms with Crippen LogP contribution in [0.25, 0.3) is 12.2 Å². The van der Waals surface area contributed by atoms with Gasteiger partial charge in [0.2, 0.25) is 0 Å². The number of rotatable bonds is 10. The zero-order chi connectivity index (χ0) is 33.5. The van der Waals surface area contributed by atoms with Gasteiger partial charge in [-0.15, -0.1) is 0 Å². The number of para-hydroxylation sites is 2. The van der Waals surface area contributed by atoms with Crippen LogP contribution >= 0.6 is 8.69 Å². The van der Waals surface area contributed by atoms with Crippen molar-refractivity contribution in [3.05, 3.63) is 116 Å². The summed E-state index contributed by atoms with van der Waals surface area (Å²) in [6.07, 6.45) is 9.45. The SMILES string of the molecule is CCOCC.Nc1ncncc1/C=C/c1ccccc1[N+](=O)[O-].Nc1ncncc1C=O.O=POCc1ccccc1[N+](=O)[O-]. The fourth-order valence-corrected chi connectivity index (χ4v) is 3.20. The van der Waals surface area contributed by atoms with Crippen LogP contribution in [-0.2, 0) is 20.4 Å². The van der Waals surface area contributed by atoms with Crippen molar-refractivity contribution in [3.8, 4) is 0 Å². The average molecular weight is 639 g/mol. The molecule has 0 unspecified atom stereocenters. The molecule has 0 radical (unpaired) electrons. The smallest absolute Gasteiger partial charge is 0.327 e. The highest BCUT2D eigenvalue weighted by molar-refractivity contribution is 7.17. The maximum atomic E-state index is 10.8. The molecular weight excluding hydrogens is 607 g/mol. The van der Waals surface area contributed by atoms with E-state index in [1.54, 1.807) is 54.7 Å². The Hall–Kier alpha value is -5.57. The lowest BCUT2D eigenvalue weighted by molar-refractivity contribution is -0.385. The number of carbonyl (C=O) groups is 1. The monoisotopic (exact) mass is 638 g/mol. The van der Waals surface area contributed by atoms with E-state index in [1.807, 2.05) is 13.8 Å². The fraction of sp³-hybridized carbons (Fsp3) is 0.179. The van der Waals surface area contributed by atoms with E-state index in [4.69, 9.17) is 16.2 Å². The first kappa shape index (κ1) is 37.5. The molecule has 2 heterocycles. The van der Waals surface area contributed by atoms with Gasteiger partial charge in [-0.2, -0.15) is 0 Å². The van der Waals surface area contributed by atoms with Crippen LogP contribution in [0, 0.1) is 20.2 Å². The second-order valence-electron chi connectivity index (χ2n) is 8.01. The third kappa shape index (κ3) is 14.4. The number of nitrogens with two attached hydrogens (primary N) is 2. The van der Waals surface area contributed by atoms with Gasteiger partial charge in [0, 0.05) is 43.3 Å². The molecule has 0 saturated heterocycles. The Balaban J connectivity index is 0.000000328. The number of nitro benzene ring substituents is 2. The molecule has 4 aromatic rings. The van der Waals surface area contributed by atoms with Gasteiger partial charge in [-0.1, -0.05) is 24.3 Å². The Morgan fingerprint density at radius 3 is 1.78 bits per heavy atom. The van der Waals surface area contributed by atoms with E-state index in [1.165, 1.54) is 31.0 Å². The lowest BCUT2D eigenvalue weighted by atomic mass is 10.1. The summed E-state index contributed by atoms with van der Waals surface area (Å²) in [4.78, 5) is 45.3. The first-order valence-corrected chi connectivity index (χ1v) is 13.6. The number of nitrogen functional groups attached to an aromatic ring is 2. The maximum Gasteiger partial charge on any atom is 0.327 e. The highest BCUT2D eigenvalue weighted by Gasteiger charge is 2.12. The highest BCUT2D eigenvalue weighted by Crippen LogP contribution is 2.21. The molecule has 17 heteroatoms. The van der Waals surface area contributed by atoms with Crippen LogP contribution in [-0.4, -0.2) is 49.3 Å². The van der Waals surface area contributed by atoms with Crippen molar-refractivity contribution < 1.29 is 28.5 Å². The topological polar surface area (TPSA) is 242 Å². The van der Waals surface area contributed by atoms with E-state index in [9.17, 15) is 29.6 Å². The Morgan fingerprint density at radius 1 is 0.800 bits per heavy atom. The van der Waals surface area contributed by atoms with Crippen molar-refractivity contribution in [1.29, 1.82) is 0 Å². The summed E-state index contributed by atoms with van der Waals surface area (Å²) in [5.74, 6) is 0.555. The molecular formula is C28H31N8O8P. The molecule has 4 rings (SSSR count). The van der Waals surface area contributed by atoms with Crippen LogP contribution in [0.2, 0.25) is 0 Å². The van der Waals surface area contributed by atoms with Gasteiger partial charge in [-0.25, -0.2) is 24.5 Å². The predicted molar refractivity (Wildman–Crippen MR) is 168 cm³/mol. The summed E-state index contributed by atoms with van der Waals surface area (Å²) in [7, 11) is -0.478. The van der Waals surface area contributed by atoms with Gasteiger partial charge in [-0.3, -0.25) is 29.5 Å². The third-order valence-corrected chi connectivity index (χ3v) is 5.35. The van der Waals surface area contributed by atoms with Crippen molar-refractivity contribution in [2.45, 2.75) is 20.5 Å². The number of aromatic nitrogens is 4. The summed E-state index contributed by atoms with van der Waals surface area (Å²) < 4.78 is 19.3. The minimum Gasteiger partial charge on any atom is -0.383 e. The normalized spacial score (nSPS) is 9.91. The van der Waals surface area contributed by atoms with E-state index < -0.39 is 18.5 Å². The molecule has 45 heavy (non-hydrogen) atoms. The van der Waals surface area contributed by atoms with Crippen molar-refractivity contribution in [2.75, 3.05) is 24.7 Å². The van der Waals surface area contributed by atoms with Crippen molar-refractivity contribution >= 4 is 50.1 Å². The van der Waals surface area contributed by atoms with E-state index in [-0.39, 0.29) is 23.8 Å². The molecule has 0 saturated carbocycles. The summed E-state index contributed by atoms with van der Waals surface area (Å²) in [5, 5.41) is 21.3. The Labute approximate surface area is 259 Å². The second kappa shape index (κ2) is 22.0. The van der Waals surface area contributed by atoms with Gasteiger partial charge in [0.1, 0.15) is 24.3 Å². The Bertz CT molecular complexity index is 1560. The molecule has 0 bridgehead atoms. The molecule has 0 amide bonds. The summed E-state index contributed by atoms with van der Waals surface area (Å²) in [6, 6.07) is 12.6. The fourth-order valence-electron chi connectivity index (χ4n) is 3.00. The van der Waals surface area contributed by atoms with Crippen LogP contribution < -0.4 is 11.5 Å². The standard InChI is InChI=1S/C12H10N4O2.C7H6NO4P.C5H5N3O.C4H10O/c13-12-10(7-14-8-15-12)6-5-9-3-1-2-4-11(9)16(17)18;9-8(10)7-4-2-1-3-6(7)5-12-13-11;6-5-4(2-9)1-7-3-8-5;1-3-5-4-2/h1-8H,(H2,13,14,15);1-4H,5H2;1-3H,(H2,6,7,8);3-4H2,1-2H3/b6-5+;;;. The van der Waals surface area contributed by atoms with Crippen LogP contribution in [0.15, 0.2) is 73.6 Å². The number of hydrogen-bond acceptors (Lipinski definition) is 14. The minimum absolute atomic E-state index is 0.0221. The first-order chi connectivity index (χ1) is 21.7. The minimum atomic E-state index is -0.500. The van der Waals surface area contributed by atoms with Crippen LogP contribution in [0.1, 0.15) is 40.9 Å². The van der Waals surface area contributed by atoms with Crippen molar-refractivity contribution in [3.63, 3.8) is 0 Å². The average Bonchev–Trinajstić information content (AvgIpc) is 3.05. The number of nitrogens with zero attached hydrogens (tertiary/aromatic N) is 6. The number of ether oxygens (including phenoxy) is 1. The zero-order valence-electron chi connectivity index (χ0n) is 24.3. The summed E-state index contributed by atoms with van der Waals surface area (Å²) in [6.45, 7) is 5.64. The van der Waals surface area contributed by atoms with Gasteiger partial charge >= 0.3 is 8.69 Å². The maximum absolute atomic E-state index is 10.8. The molecule has 0 atom stereocenters. The van der Waals surface area contributed by atoms with Gasteiger partial charge in [0.25, 0.3) is 11.4 Å².